The molecule has 1 saturated heterocycles. The summed E-state index contributed by atoms with van der Waals surface area (Å²) in [4.78, 5) is 24.6. The number of carbonyl (C=O) groups is 2. The molecule has 0 unspecified atom stereocenters. The molecule has 0 aromatic heterocycles. The van der Waals surface area contributed by atoms with Crippen LogP contribution in [-0.2, 0) is 18.7 Å². The molecule has 4 rings (SSSR count). The van der Waals surface area contributed by atoms with Gasteiger partial charge in [0.05, 0.1) is 17.8 Å². The first kappa shape index (κ1) is 27.0. The number of ether oxygens (including phenoxy) is 2. The van der Waals surface area contributed by atoms with Gasteiger partial charge < -0.3 is 13.9 Å². The van der Waals surface area contributed by atoms with Crippen LogP contribution in [0.15, 0.2) is 91.0 Å². The lowest BCUT2D eigenvalue weighted by Crippen LogP contribution is -2.68. The van der Waals surface area contributed by atoms with Crippen molar-refractivity contribution in [2.75, 3.05) is 6.61 Å². The van der Waals surface area contributed by atoms with Crippen LogP contribution in [0.25, 0.3) is 0 Å². The fourth-order valence-corrected chi connectivity index (χ4v) is 9.96. The van der Waals surface area contributed by atoms with Crippen LogP contribution in [0.3, 0.4) is 0 Å². The number of aldehydes is 1. The normalized spacial score (nSPS) is 19.1. The highest BCUT2D eigenvalue weighted by Crippen LogP contribution is 2.39. The predicted molar refractivity (Wildman–Crippen MR) is 148 cm³/mol. The summed E-state index contributed by atoms with van der Waals surface area (Å²) in [6, 6.07) is 29.7. The predicted octanol–water partition coefficient (Wildman–Crippen LogP) is 4.93. The van der Waals surface area contributed by atoms with Crippen LogP contribution in [-0.4, -0.2) is 45.5 Å². The topological polar surface area (TPSA) is 61.8 Å². The molecule has 5 nitrogen and oxygen atoms in total. The fourth-order valence-electron chi connectivity index (χ4n) is 5.23. The Morgan fingerprint density at radius 2 is 1.49 bits per heavy atom. The molecule has 3 aromatic rings. The third kappa shape index (κ3) is 6.09. The Labute approximate surface area is 220 Å². The molecule has 0 amide bonds. The molecule has 37 heavy (non-hydrogen) atoms. The quantitative estimate of drug-likeness (QED) is 0.229. The number of hydrogen-bond donors (Lipinski definition) is 0. The standard InChI is InChI=1S/C31H36O5Si/c1-31(2,3)37(26-16-9-5-10-17-26,27-18-11-6-12-19-27)36-28-20-13-21-34-29(28)22-25(23-32)35-30(33)24-14-7-4-8-15-24/h4-12,14-19,23,25,28-29H,13,20-22H2,1-3H3/t25-,28-,29-/m1/s1. The molecule has 1 fully saturated rings. The summed E-state index contributed by atoms with van der Waals surface area (Å²) in [6.45, 7) is 7.32. The van der Waals surface area contributed by atoms with Gasteiger partial charge in [0, 0.05) is 13.0 Å². The number of rotatable bonds is 9. The van der Waals surface area contributed by atoms with Crippen LogP contribution in [0, 0.1) is 0 Å². The molecule has 1 aliphatic rings. The van der Waals surface area contributed by atoms with Gasteiger partial charge in [0.15, 0.2) is 12.4 Å². The summed E-state index contributed by atoms with van der Waals surface area (Å²) < 4.78 is 19.1. The Morgan fingerprint density at radius 1 is 0.946 bits per heavy atom. The van der Waals surface area contributed by atoms with Crippen molar-refractivity contribution in [3.8, 4) is 0 Å². The molecule has 0 aliphatic carbocycles. The molecule has 194 valence electrons. The zero-order chi connectivity index (χ0) is 26.3. The number of benzene rings is 3. The Morgan fingerprint density at radius 3 is 2.00 bits per heavy atom. The first-order valence-electron chi connectivity index (χ1n) is 13.0. The van der Waals surface area contributed by atoms with Gasteiger partial charge in [0.1, 0.15) is 0 Å². The van der Waals surface area contributed by atoms with E-state index in [0.29, 0.717) is 18.5 Å². The Kier molecular flexibility index (Phi) is 8.74. The van der Waals surface area contributed by atoms with Gasteiger partial charge in [-0.1, -0.05) is 99.6 Å². The summed E-state index contributed by atoms with van der Waals surface area (Å²) in [5, 5.41) is 2.21. The second-order valence-corrected chi connectivity index (χ2v) is 14.8. The van der Waals surface area contributed by atoms with E-state index in [-0.39, 0.29) is 23.7 Å². The second-order valence-electron chi connectivity index (χ2n) is 10.6. The average Bonchev–Trinajstić information content (AvgIpc) is 2.92. The largest absolute Gasteiger partial charge is 0.451 e. The molecular weight excluding hydrogens is 480 g/mol. The summed E-state index contributed by atoms with van der Waals surface area (Å²) >= 11 is 0. The molecule has 3 aromatic carbocycles. The van der Waals surface area contributed by atoms with Gasteiger partial charge in [-0.05, 0) is 40.4 Å². The van der Waals surface area contributed by atoms with E-state index in [4.69, 9.17) is 13.9 Å². The number of hydrogen-bond acceptors (Lipinski definition) is 5. The van der Waals surface area contributed by atoms with Crippen LogP contribution in [0.4, 0.5) is 0 Å². The minimum Gasteiger partial charge on any atom is -0.451 e. The lowest BCUT2D eigenvalue weighted by molar-refractivity contribution is -0.122. The maximum absolute atomic E-state index is 12.6. The highest BCUT2D eigenvalue weighted by atomic mass is 28.4. The van der Waals surface area contributed by atoms with Gasteiger partial charge in [-0.15, -0.1) is 0 Å². The minimum atomic E-state index is -2.80. The van der Waals surface area contributed by atoms with Gasteiger partial charge in [-0.2, -0.15) is 0 Å². The van der Waals surface area contributed by atoms with Gasteiger partial charge in [0.25, 0.3) is 8.32 Å². The van der Waals surface area contributed by atoms with Crippen LogP contribution >= 0.6 is 0 Å². The zero-order valence-electron chi connectivity index (χ0n) is 21.8. The minimum absolute atomic E-state index is 0.179. The van der Waals surface area contributed by atoms with Gasteiger partial charge in [-0.3, -0.25) is 4.79 Å². The van der Waals surface area contributed by atoms with Gasteiger partial charge in [-0.25, -0.2) is 4.79 Å². The molecule has 0 saturated carbocycles. The molecule has 0 radical (unpaired) electrons. The van der Waals surface area contributed by atoms with E-state index in [1.165, 1.54) is 10.4 Å². The monoisotopic (exact) mass is 516 g/mol. The van der Waals surface area contributed by atoms with Crippen molar-refractivity contribution in [2.45, 2.75) is 63.4 Å². The molecule has 3 atom stereocenters. The fraction of sp³-hybridized carbons (Fsp3) is 0.355. The van der Waals surface area contributed by atoms with Gasteiger partial charge >= 0.3 is 5.97 Å². The molecule has 0 bridgehead atoms. The highest BCUT2D eigenvalue weighted by molar-refractivity contribution is 6.99. The third-order valence-electron chi connectivity index (χ3n) is 7.01. The molecule has 1 aliphatic heterocycles. The van der Waals surface area contributed by atoms with Crippen LogP contribution < -0.4 is 10.4 Å². The Bertz CT molecular complexity index is 1100. The van der Waals surface area contributed by atoms with Crippen molar-refractivity contribution in [3.05, 3.63) is 96.6 Å². The van der Waals surface area contributed by atoms with Crippen LogP contribution in [0.2, 0.25) is 5.04 Å². The Balaban J connectivity index is 1.64. The number of esters is 1. The van der Waals surface area contributed by atoms with Crippen molar-refractivity contribution >= 4 is 30.9 Å². The average molecular weight is 517 g/mol. The summed E-state index contributed by atoms with van der Waals surface area (Å²) in [5.74, 6) is -0.516. The van der Waals surface area contributed by atoms with Gasteiger partial charge in [0.2, 0.25) is 0 Å². The lowest BCUT2D eigenvalue weighted by Gasteiger charge is -2.47. The summed E-state index contributed by atoms with van der Waals surface area (Å²) in [5.41, 5.74) is 0.416. The molecule has 0 spiro atoms. The van der Waals surface area contributed by atoms with Crippen LogP contribution in [0.1, 0.15) is 50.4 Å². The first-order valence-corrected chi connectivity index (χ1v) is 14.9. The zero-order valence-corrected chi connectivity index (χ0v) is 22.8. The lowest BCUT2D eigenvalue weighted by atomic mass is 10.0. The highest BCUT2D eigenvalue weighted by Gasteiger charge is 2.52. The maximum atomic E-state index is 12.6. The van der Waals surface area contributed by atoms with E-state index < -0.39 is 20.4 Å². The molecule has 6 heteroatoms. The van der Waals surface area contributed by atoms with E-state index in [1.54, 1.807) is 24.3 Å². The van der Waals surface area contributed by atoms with E-state index in [1.807, 2.05) is 18.2 Å². The van der Waals surface area contributed by atoms with Crippen molar-refractivity contribution in [1.29, 1.82) is 0 Å². The van der Waals surface area contributed by atoms with E-state index in [2.05, 4.69) is 69.3 Å². The molecular formula is C31H36O5Si. The van der Waals surface area contributed by atoms with Crippen LogP contribution in [0.5, 0.6) is 0 Å². The number of carbonyl (C=O) groups excluding carboxylic acids is 2. The van der Waals surface area contributed by atoms with Crippen molar-refractivity contribution < 1.29 is 23.5 Å². The summed E-state index contributed by atoms with van der Waals surface area (Å²) in [6.07, 6.45) is 1.11. The van der Waals surface area contributed by atoms with E-state index >= 15 is 0 Å². The van der Waals surface area contributed by atoms with E-state index in [0.717, 1.165) is 12.8 Å². The van der Waals surface area contributed by atoms with Crippen molar-refractivity contribution in [2.24, 2.45) is 0 Å². The van der Waals surface area contributed by atoms with E-state index in [9.17, 15) is 9.59 Å². The third-order valence-corrected chi connectivity index (χ3v) is 12.1. The van der Waals surface area contributed by atoms with Crippen molar-refractivity contribution in [1.82, 2.24) is 0 Å². The second kappa shape index (κ2) is 12.0. The Hall–Kier alpha value is -3.06. The summed E-state index contributed by atoms with van der Waals surface area (Å²) in [7, 11) is -2.80. The molecule has 1 heterocycles. The molecule has 0 N–H and O–H groups in total. The maximum Gasteiger partial charge on any atom is 0.338 e. The smallest absolute Gasteiger partial charge is 0.338 e. The van der Waals surface area contributed by atoms with Crippen molar-refractivity contribution in [3.63, 3.8) is 0 Å². The SMILES string of the molecule is CC(C)(C)[Si](O[C@@H]1CCCO[C@@H]1C[C@H](C=O)OC(=O)c1ccccc1)(c1ccccc1)c1ccccc1. The first-order chi connectivity index (χ1) is 17.8.